The van der Waals surface area contributed by atoms with Crippen molar-refractivity contribution in [3.63, 3.8) is 0 Å². The molecule has 1 aromatic heterocycles. The van der Waals surface area contributed by atoms with Gasteiger partial charge in [-0.25, -0.2) is 4.98 Å². The van der Waals surface area contributed by atoms with E-state index in [0.717, 1.165) is 25.0 Å². The lowest BCUT2D eigenvalue weighted by Crippen LogP contribution is -2.12. The summed E-state index contributed by atoms with van der Waals surface area (Å²) in [6, 6.07) is 0. The van der Waals surface area contributed by atoms with Crippen LogP contribution in [0.1, 0.15) is 26.7 Å². The predicted octanol–water partition coefficient (Wildman–Crippen LogP) is 2.38. The Balaban J connectivity index is 2.32. The van der Waals surface area contributed by atoms with Crippen LogP contribution in [-0.2, 0) is 11.3 Å². The van der Waals surface area contributed by atoms with Crippen molar-refractivity contribution in [3.05, 3.63) is 12.4 Å². The Hall–Kier alpha value is -1.03. The molecule has 92 valence electrons. The maximum absolute atomic E-state index is 4.99. The average Bonchev–Trinajstić information content (AvgIpc) is 2.66. The summed E-state index contributed by atoms with van der Waals surface area (Å²) in [5.41, 5.74) is 0. The summed E-state index contributed by atoms with van der Waals surface area (Å²) < 4.78 is 7.16. The van der Waals surface area contributed by atoms with Gasteiger partial charge in [-0.2, -0.15) is 0 Å². The number of ether oxygens (including phenoxy) is 1. The van der Waals surface area contributed by atoms with Gasteiger partial charge in [-0.05, 0) is 18.8 Å². The van der Waals surface area contributed by atoms with Crippen molar-refractivity contribution in [2.24, 2.45) is 5.92 Å². The standard InChI is InChI=1S/C12H23N3O/c1-11(2)5-4-8-15-9-6-13-12(15)14-7-10-16-3/h6,9,11H,4-5,7-8,10H2,1-3H3,(H,13,14). The van der Waals surface area contributed by atoms with E-state index >= 15 is 0 Å². The maximum atomic E-state index is 4.99. The number of anilines is 1. The molecule has 16 heavy (non-hydrogen) atoms. The number of imidazole rings is 1. The van der Waals surface area contributed by atoms with E-state index in [2.05, 4.69) is 28.7 Å². The van der Waals surface area contributed by atoms with Crippen LogP contribution in [0.25, 0.3) is 0 Å². The number of methoxy groups -OCH3 is 1. The van der Waals surface area contributed by atoms with Crippen LogP contribution in [0.5, 0.6) is 0 Å². The van der Waals surface area contributed by atoms with E-state index in [0.29, 0.717) is 6.61 Å². The minimum absolute atomic E-state index is 0.707. The molecule has 0 aliphatic rings. The lowest BCUT2D eigenvalue weighted by molar-refractivity contribution is 0.210. The molecule has 0 aliphatic heterocycles. The molecule has 0 amide bonds. The molecule has 0 saturated carbocycles. The fourth-order valence-electron chi connectivity index (χ4n) is 1.59. The molecule has 1 heterocycles. The van der Waals surface area contributed by atoms with Gasteiger partial charge in [0.1, 0.15) is 0 Å². The first kappa shape index (κ1) is 13.0. The summed E-state index contributed by atoms with van der Waals surface area (Å²) in [6.07, 6.45) is 6.32. The van der Waals surface area contributed by atoms with Crippen LogP contribution in [0, 0.1) is 5.92 Å². The van der Waals surface area contributed by atoms with E-state index in [1.807, 2.05) is 12.4 Å². The van der Waals surface area contributed by atoms with Crippen molar-refractivity contribution >= 4 is 5.95 Å². The first-order chi connectivity index (χ1) is 7.74. The second-order valence-electron chi connectivity index (χ2n) is 4.40. The van der Waals surface area contributed by atoms with Gasteiger partial charge in [-0.1, -0.05) is 13.8 Å². The minimum Gasteiger partial charge on any atom is -0.383 e. The summed E-state index contributed by atoms with van der Waals surface area (Å²) in [5, 5.41) is 3.26. The van der Waals surface area contributed by atoms with Gasteiger partial charge >= 0.3 is 0 Å². The molecule has 0 radical (unpaired) electrons. The highest BCUT2D eigenvalue weighted by atomic mass is 16.5. The SMILES string of the molecule is COCCNc1nccn1CCCC(C)C. The van der Waals surface area contributed by atoms with Crippen molar-refractivity contribution in [3.8, 4) is 0 Å². The fraction of sp³-hybridized carbons (Fsp3) is 0.750. The van der Waals surface area contributed by atoms with Gasteiger partial charge < -0.3 is 14.6 Å². The maximum Gasteiger partial charge on any atom is 0.202 e. The van der Waals surface area contributed by atoms with Gasteiger partial charge in [0.2, 0.25) is 5.95 Å². The lowest BCUT2D eigenvalue weighted by Gasteiger charge is -2.10. The van der Waals surface area contributed by atoms with E-state index in [1.165, 1.54) is 12.8 Å². The van der Waals surface area contributed by atoms with Crippen molar-refractivity contribution in [2.75, 3.05) is 25.6 Å². The normalized spacial score (nSPS) is 11.0. The molecule has 0 aliphatic carbocycles. The molecule has 0 atom stereocenters. The monoisotopic (exact) mass is 225 g/mol. The summed E-state index contributed by atoms with van der Waals surface area (Å²) in [4.78, 5) is 4.28. The van der Waals surface area contributed by atoms with Gasteiger partial charge in [0.25, 0.3) is 0 Å². The van der Waals surface area contributed by atoms with Crippen LogP contribution < -0.4 is 5.32 Å². The van der Waals surface area contributed by atoms with E-state index in [9.17, 15) is 0 Å². The molecular formula is C12H23N3O. The van der Waals surface area contributed by atoms with Gasteiger partial charge in [0, 0.05) is 32.6 Å². The molecule has 0 saturated heterocycles. The molecule has 1 aromatic rings. The number of aryl methyl sites for hydroxylation is 1. The molecule has 0 aromatic carbocycles. The molecule has 0 spiro atoms. The minimum atomic E-state index is 0.707. The summed E-state index contributed by atoms with van der Waals surface area (Å²) in [6.45, 7) is 7.06. The third-order valence-corrected chi connectivity index (χ3v) is 2.49. The number of nitrogens with one attached hydrogen (secondary N) is 1. The van der Waals surface area contributed by atoms with Crippen LogP contribution in [0.2, 0.25) is 0 Å². The van der Waals surface area contributed by atoms with Gasteiger partial charge in [0.05, 0.1) is 6.61 Å². The van der Waals surface area contributed by atoms with Crippen molar-refractivity contribution in [2.45, 2.75) is 33.2 Å². The Labute approximate surface area is 98.0 Å². The molecule has 1 N–H and O–H groups in total. The number of hydrogen-bond acceptors (Lipinski definition) is 3. The largest absolute Gasteiger partial charge is 0.383 e. The molecular weight excluding hydrogens is 202 g/mol. The third-order valence-electron chi connectivity index (χ3n) is 2.49. The smallest absolute Gasteiger partial charge is 0.202 e. The molecule has 0 bridgehead atoms. The highest BCUT2D eigenvalue weighted by Crippen LogP contribution is 2.09. The number of aromatic nitrogens is 2. The van der Waals surface area contributed by atoms with E-state index in [1.54, 1.807) is 7.11 Å². The van der Waals surface area contributed by atoms with E-state index in [-0.39, 0.29) is 0 Å². The Bertz CT molecular complexity index is 284. The predicted molar refractivity (Wildman–Crippen MR) is 66.7 cm³/mol. The van der Waals surface area contributed by atoms with Gasteiger partial charge in [-0.15, -0.1) is 0 Å². The average molecular weight is 225 g/mol. The van der Waals surface area contributed by atoms with Crippen LogP contribution >= 0.6 is 0 Å². The zero-order valence-electron chi connectivity index (χ0n) is 10.6. The van der Waals surface area contributed by atoms with Gasteiger partial charge in [0.15, 0.2) is 0 Å². The van der Waals surface area contributed by atoms with Crippen LogP contribution in [0.3, 0.4) is 0 Å². The summed E-state index contributed by atoms with van der Waals surface area (Å²) in [7, 11) is 1.71. The first-order valence-corrected chi connectivity index (χ1v) is 5.98. The zero-order valence-corrected chi connectivity index (χ0v) is 10.6. The highest BCUT2D eigenvalue weighted by molar-refractivity contribution is 5.25. The second-order valence-corrected chi connectivity index (χ2v) is 4.40. The highest BCUT2D eigenvalue weighted by Gasteiger charge is 2.01. The molecule has 0 unspecified atom stereocenters. The topological polar surface area (TPSA) is 39.1 Å². The van der Waals surface area contributed by atoms with Crippen LogP contribution in [0.15, 0.2) is 12.4 Å². The Morgan fingerprint density at radius 3 is 3.00 bits per heavy atom. The van der Waals surface area contributed by atoms with Crippen molar-refractivity contribution in [1.82, 2.24) is 9.55 Å². The molecule has 4 heteroatoms. The number of rotatable bonds is 8. The van der Waals surface area contributed by atoms with E-state index in [4.69, 9.17) is 4.74 Å². The first-order valence-electron chi connectivity index (χ1n) is 5.98. The van der Waals surface area contributed by atoms with Crippen LogP contribution in [0.4, 0.5) is 5.95 Å². The lowest BCUT2D eigenvalue weighted by atomic mass is 10.1. The second kappa shape index (κ2) is 7.28. The van der Waals surface area contributed by atoms with Crippen molar-refractivity contribution in [1.29, 1.82) is 0 Å². The van der Waals surface area contributed by atoms with Crippen molar-refractivity contribution < 1.29 is 4.74 Å². The fourth-order valence-corrected chi connectivity index (χ4v) is 1.59. The summed E-state index contributed by atoms with van der Waals surface area (Å²) in [5.74, 6) is 1.72. The Morgan fingerprint density at radius 2 is 2.31 bits per heavy atom. The third kappa shape index (κ3) is 4.66. The Morgan fingerprint density at radius 1 is 1.50 bits per heavy atom. The van der Waals surface area contributed by atoms with E-state index < -0.39 is 0 Å². The summed E-state index contributed by atoms with van der Waals surface area (Å²) >= 11 is 0. The molecule has 1 rings (SSSR count). The Kier molecular flexibility index (Phi) is 5.93. The zero-order chi connectivity index (χ0) is 11.8. The van der Waals surface area contributed by atoms with Gasteiger partial charge in [-0.3, -0.25) is 0 Å². The molecule has 0 fully saturated rings. The number of nitrogens with zero attached hydrogens (tertiary/aromatic N) is 2. The molecule has 4 nitrogen and oxygen atoms in total. The quantitative estimate of drug-likeness (QED) is 0.690. The van der Waals surface area contributed by atoms with Crippen LogP contribution in [-0.4, -0.2) is 29.8 Å². The number of hydrogen-bond donors (Lipinski definition) is 1.